The molecule has 0 radical (unpaired) electrons. The summed E-state index contributed by atoms with van der Waals surface area (Å²) in [6, 6.07) is 12.7. The molecule has 2 saturated carbocycles. The molecular formula is C35H71NaO5. The van der Waals surface area contributed by atoms with Crippen LogP contribution in [0.2, 0.25) is 0 Å². The Morgan fingerprint density at radius 2 is 0.854 bits per heavy atom. The van der Waals surface area contributed by atoms with Crippen molar-refractivity contribution in [1.29, 1.82) is 0 Å². The zero-order chi connectivity index (χ0) is 27.2. The number of hydrogen-bond donors (Lipinski definition) is 1. The quantitative estimate of drug-likeness (QED) is 0.351. The normalized spacial score (nSPS) is 10.9. The summed E-state index contributed by atoms with van der Waals surface area (Å²) in [6.07, 6.45) is 5.41. The molecule has 0 saturated heterocycles. The van der Waals surface area contributed by atoms with Crippen molar-refractivity contribution in [2.45, 2.75) is 111 Å². The third-order valence-electron chi connectivity index (χ3n) is 5.03. The van der Waals surface area contributed by atoms with Crippen LogP contribution in [0.25, 0.3) is 0 Å². The number of aliphatic hydroxyl groups excluding tert-OH is 1. The van der Waals surface area contributed by atoms with Crippen LogP contribution in [-0.4, -0.2) is 45.1 Å². The van der Waals surface area contributed by atoms with Crippen LogP contribution in [0.3, 0.4) is 0 Å². The van der Waals surface area contributed by atoms with Crippen LogP contribution in [0, 0.1) is 39.5 Å². The molecule has 0 heterocycles. The molecule has 5 nitrogen and oxygen atoms in total. The van der Waals surface area contributed by atoms with E-state index in [2.05, 4.69) is 68.8 Å². The van der Waals surface area contributed by atoms with Crippen molar-refractivity contribution in [3.63, 3.8) is 0 Å². The fraction of sp³-hybridized carbons (Fsp3) is 0.657. The summed E-state index contributed by atoms with van der Waals surface area (Å²) in [4.78, 5) is 0. The van der Waals surface area contributed by atoms with Gasteiger partial charge in [-0.1, -0.05) is 81.7 Å². The van der Waals surface area contributed by atoms with Crippen molar-refractivity contribution < 1.29 is 54.4 Å². The number of benzene rings is 2. The number of methoxy groups -OCH3 is 1. The Bertz CT molecular complexity index is 697. The van der Waals surface area contributed by atoms with Crippen LogP contribution in [0.4, 0.5) is 0 Å². The molecule has 0 aromatic heterocycles. The minimum atomic E-state index is 0. The molecular weight excluding hydrogens is 523 g/mol. The summed E-state index contributed by atoms with van der Waals surface area (Å²) in [5, 5.41) is 7.00. The Labute approximate surface area is 280 Å². The zero-order valence-corrected chi connectivity index (χ0v) is 28.0. The van der Waals surface area contributed by atoms with Gasteiger partial charge in [-0.15, -0.1) is 0 Å². The van der Waals surface area contributed by atoms with E-state index in [4.69, 9.17) is 14.6 Å². The van der Waals surface area contributed by atoms with E-state index >= 15 is 0 Å². The van der Waals surface area contributed by atoms with E-state index in [1.54, 1.807) is 14.2 Å². The van der Waals surface area contributed by atoms with E-state index in [1.165, 1.54) is 47.9 Å². The Balaban J connectivity index is -0.0000000621. The van der Waals surface area contributed by atoms with Gasteiger partial charge in [-0.2, -0.15) is 0 Å². The predicted molar refractivity (Wildman–Crippen MR) is 181 cm³/mol. The first-order valence-electron chi connectivity index (χ1n) is 13.2. The summed E-state index contributed by atoms with van der Waals surface area (Å²) in [5.41, 5.74) is 5.03. The minimum Gasteiger partial charge on any atom is -0.870 e. The first kappa shape index (κ1) is 59.3. The van der Waals surface area contributed by atoms with Crippen molar-refractivity contribution in [1.82, 2.24) is 0 Å². The van der Waals surface area contributed by atoms with E-state index in [9.17, 15) is 0 Å². The van der Waals surface area contributed by atoms with Crippen LogP contribution < -0.4 is 39.0 Å². The first-order valence-corrected chi connectivity index (χ1v) is 13.2. The van der Waals surface area contributed by atoms with Crippen LogP contribution >= 0.6 is 0 Å². The second-order valence-corrected chi connectivity index (χ2v) is 8.45. The van der Waals surface area contributed by atoms with Crippen LogP contribution in [0.5, 0.6) is 11.5 Å². The molecule has 0 aliphatic heterocycles. The second-order valence-electron chi connectivity index (χ2n) is 8.45. The van der Waals surface area contributed by atoms with Gasteiger partial charge in [-0.05, 0) is 99.6 Å². The fourth-order valence-corrected chi connectivity index (χ4v) is 2.71. The molecule has 2 aromatic carbocycles. The van der Waals surface area contributed by atoms with Gasteiger partial charge in [0, 0.05) is 21.3 Å². The topological polar surface area (TPSA) is 77.9 Å². The molecule has 0 unspecified atom stereocenters. The van der Waals surface area contributed by atoms with Gasteiger partial charge in [0.2, 0.25) is 0 Å². The number of aliphatic hydroxyl groups is 1. The number of ether oxygens (including phenoxy) is 3. The molecule has 2 aromatic rings. The molecule has 6 heteroatoms. The molecule has 0 bridgehead atoms. The van der Waals surface area contributed by atoms with Gasteiger partial charge in [0.25, 0.3) is 0 Å². The van der Waals surface area contributed by atoms with Gasteiger partial charge < -0.3 is 24.8 Å². The van der Waals surface area contributed by atoms with Crippen LogP contribution in [0.15, 0.2) is 36.4 Å². The monoisotopic (exact) mass is 595 g/mol. The van der Waals surface area contributed by atoms with E-state index < -0.39 is 0 Å². The first-order chi connectivity index (χ1) is 16.9. The van der Waals surface area contributed by atoms with E-state index in [0.29, 0.717) is 0 Å². The van der Waals surface area contributed by atoms with Gasteiger partial charge in [0.1, 0.15) is 11.5 Å². The molecule has 242 valence electrons. The maximum atomic E-state index is 7.00. The maximum Gasteiger partial charge on any atom is 1.00 e. The van der Waals surface area contributed by atoms with Crippen molar-refractivity contribution in [3.05, 3.63) is 58.7 Å². The summed E-state index contributed by atoms with van der Waals surface area (Å²) in [6.45, 7) is 18.2. The number of hydrogen-bond acceptors (Lipinski definition) is 5. The van der Waals surface area contributed by atoms with E-state index in [-0.39, 0.29) is 64.7 Å². The van der Waals surface area contributed by atoms with E-state index in [0.717, 1.165) is 43.7 Å². The number of rotatable bonds is 6. The Morgan fingerprint density at radius 1 is 0.610 bits per heavy atom. The predicted octanol–water partition coefficient (Wildman–Crippen LogP) is 7.48. The molecule has 2 fully saturated rings. The largest absolute Gasteiger partial charge is 1.00 e. The summed E-state index contributed by atoms with van der Waals surface area (Å²) in [7, 11) is 4.25. The van der Waals surface area contributed by atoms with Crippen molar-refractivity contribution in [3.8, 4) is 11.5 Å². The molecule has 0 spiro atoms. The zero-order valence-electron chi connectivity index (χ0n) is 26.0. The number of aryl methyl sites for hydroxylation is 4. The van der Waals surface area contributed by atoms with Gasteiger partial charge >= 0.3 is 29.6 Å². The molecule has 0 amide bonds. The molecule has 41 heavy (non-hydrogen) atoms. The van der Waals surface area contributed by atoms with Crippen LogP contribution in [-0.2, 0) is 4.74 Å². The third kappa shape index (κ3) is 31.7. The average Bonchev–Trinajstić information content (AvgIpc) is 3.80. The summed E-state index contributed by atoms with van der Waals surface area (Å²) < 4.78 is 15.7. The Morgan fingerprint density at radius 3 is 1.07 bits per heavy atom. The SMILES string of the molecule is C.C.C.C.CC.CC.CO.COC.Cc1ccc(C)c(OCC2CC2)c1.Cc1ccc(C)c(OCC2CC2)c1.[Na+].[OH-]. The standard InChI is InChI=1S/2C12H16O.C2H6O.2C2H6.CH4O.4CH4.Na.H2O/c2*1-9-3-4-10(2)12(7-9)13-8-11-5-6-11;1-3-2;3*1-2;;;;;;/h2*3-4,7,11H,5-6,8H2,1-2H3;1-2H3;2*1-2H3;2H,1H3;4*1H4;;1H2/q;;;;;;;;;;+1;/p-1. The minimum absolute atomic E-state index is 0. The summed E-state index contributed by atoms with van der Waals surface area (Å²) in [5.74, 6) is 3.79. The fourth-order valence-electron chi connectivity index (χ4n) is 2.71. The molecule has 2 aliphatic carbocycles. The average molecular weight is 595 g/mol. The molecule has 4 rings (SSSR count). The summed E-state index contributed by atoms with van der Waals surface area (Å²) >= 11 is 0. The van der Waals surface area contributed by atoms with Crippen molar-refractivity contribution >= 4 is 0 Å². The van der Waals surface area contributed by atoms with Gasteiger partial charge in [0.05, 0.1) is 13.2 Å². The van der Waals surface area contributed by atoms with Gasteiger partial charge in [-0.25, -0.2) is 0 Å². The molecule has 0 atom stereocenters. The van der Waals surface area contributed by atoms with Gasteiger partial charge in [0.15, 0.2) is 0 Å². The Hall–Kier alpha value is -1.08. The molecule has 2 aliphatic rings. The smallest absolute Gasteiger partial charge is 0.870 e. The Kier molecular flexibility index (Phi) is 56.3. The second kappa shape index (κ2) is 38.9. The van der Waals surface area contributed by atoms with Crippen molar-refractivity contribution in [2.24, 2.45) is 11.8 Å². The van der Waals surface area contributed by atoms with Crippen LogP contribution in [0.1, 0.15) is 105 Å². The van der Waals surface area contributed by atoms with Crippen molar-refractivity contribution in [2.75, 3.05) is 34.5 Å². The maximum absolute atomic E-state index is 7.00. The van der Waals surface area contributed by atoms with E-state index in [1.807, 2.05) is 27.7 Å². The molecule has 2 N–H and O–H groups in total. The van der Waals surface area contributed by atoms with Gasteiger partial charge in [-0.3, -0.25) is 0 Å². The third-order valence-corrected chi connectivity index (χ3v) is 5.03.